The average molecular weight is 371 g/mol. The molecule has 0 saturated carbocycles. The molecule has 1 N–H and O–H groups in total. The van der Waals surface area contributed by atoms with Crippen LogP contribution in [-0.4, -0.2) is 47.8 Å². The van der Waals surface area contributed by atoms with Gasteiger partial charge in [0.15, 0.2) is 0 Å². The second kappa shape index (κ2) is 7.47. The van der Waals surface area contributed by atoms with Gasteiger partial charge >= 0.3 is 6.18 Å². The van der Waals surface area contributed by atoms with E-state index in [2.05, 4.69) is 5.32 Å². The first kappa shape index (κ1) is 19.0. The molecule has 0 radical (unpaired) electrons. The molecule has 0 bridgehead atoms. The zero-order valence-electron chi connectivity index (χ0n) is 15.1. The lowest BCUT2D eigenvalue weighted by Gasteiger charge is -2.33. The third kappa shape index (κ3) is 4.14. The molecule has 1 fully saturated rings. The summed E-state index contributed by atoms with van der Waals surface area (Å²) >= 11 is 0. The molecule has 3 heterocycles. The number of halogens is 4. The van der Waals surface area contributed by atoms with Gasteiger partial charge in [-0.2, -0.15) is 13.2 Å². The molecule has 26 heavy (non-hydrogen) atoms. The van der Waals surface area contributed by atoms with Crippen LogP contribution in [0.2, 0.25) is 0 Å². The van der Waals surface area contributed by atoms with Gasteiger partial charge in [0.25, 0.3) is 0 Å². The number of aromatic nitrogens is 1. The fraction of sp³-hybridized carbons (Fsp3) is 0.579. The van der Waals surface area contributed by atoms with Gasteiger partial charge in [0.2, 0.25) is 0 Å². The standard InChI is InChI=1S/C19H25F4N3/c1-3-5-13-10-17-16(24-15-7-9-25(2)12-14(15)20)6-4-8-26(17)18(13)11-19(21,22)23/h4,6,8,10,14-15,24H,3,5,7,9,11-12H2,1-2H3/t14-,15+/m0/s1. The summed E-state index contributed by atoms with van der Waals surface area (Å²) in [4.78, 5) is 1.95. The van der Waals surface area contributed by atoms with Crippen molar-refractivity contribution in [2.75, 3.05) is 25.5 Å². The maximum absolute atomic E-state index is 14.4. The van der Waals surface area contributed by atoms with Crippen LogP contribution < -0.4 is 5.32 Å². The zero-order valence-corrected chi connectivity index (χ0v) is 15.1. The summed E-state index contributed by atoms with van der Waals surface area (Å²) < 4.78 is 55.1. The number of nitrogens with zero attached hydrogens (tertiary/aromatic N) is 2. The van der Waals surface area contributed by atoms with E-state index < -0.39 is 18.8 Å². The maximum atomic E-state index is 14.4. The smallest absolute Gasteiger partial charge is 0.378 e. The molecule has 0 amide bonds. The third-order valence-corrected chi connectivity index (χ3v) is 4.98. The first-order valence-electron chi connectivity index (χ1n) is 9.06. The van der Waals surface area contributed by atoms with Crippen molar-refractivity contribution in [2.24, 2.45) is 0 Å². The van der Waals surface area contributed by atoms with Gasteiger partial charge in [0, 0.05) is 25.0 Å². The van der Waals surface area contributed by atoms with Crippen LogP contribution in [0.4, 0.5) is 23.2 Å². The van der Waals surface area contributed by atoms with Crippen molar-refractivity contribution in [3.63, 3.8) is 0 Å². The molecule has 3 rings (SSSR count). The zero-order chi connectivity index (χ0) is 18.9. The first-order valence-corrected chi connectivity index (χ1v) is 9.06. The van der Waals surface area contributed by atoms with Crippen molar-refractivity contribution in [3.8, 4) is 0 Å². The van der Waals surface area contributed by atoms with E-state index in [1.54, 1.807) is 16.7 Å². The number of hydrogen-bond acceptors (Lipinski definition) is 2. The van der Waals surface area contributed by atoms with Crippen LogP contribution in [-0.2, 0) is 12.8 Å². The summed E-state index contributed by atoms with van der Waals surface area (Å²) in [5.74, 6) is 0. The summed E-state index contributed by atoms with van der Waals surface area (Å²) in [6, 6.07) is 5.02. The number of nitrogens with one attached hydrogen (secondary N) is 1. The minimum atomic E-state index is -4.27. The lowest BCUT2D eigenvalue weighted by Crippen LogP contribution is -2.46. The second-order valence-corrected chi connectivity index (χ2v) is 7.15. The summed E-state index contributed by atoms with van der Waals surface area (Å²) in [5.41, 5.74) is 2.36. The molecule has 0 aliphatic carbocycles. The highest BCUT2D eigenvalue weighted by Gasteiger charge is 2.31. The van der Waals surface area contributed by atoms with Gasteiger partial charge < -0.3 is 14.6 Å². The molecular formula is C19H25F4N3. The number of aryl methyl sites for hydroxylation is 1. The Morgan fingerprint density at radius 2 is 2.08 bits per heavy atom. The van der Waals surface area contributed by atoms with Crippen molar-refractivity contribution in [2.45, 2.75) is 51.0 Å². The number of likely N-dealkylation sites (tertiary alicyclic amines) is 1. The second-order valence-electron chi connectivity index (χ2n) is 7.15. The predicted octanol–water partition coefficient (Wildman–Crippen LogP) is 4.45. The van der Waals surface area contributed by atoms with Gasteiger partial charge in [-0.1, -0.05) is 13.3 Å². The Bertz CT molecular complexity index is 753. The predicted molar refractivity (Wildman–Crippen MR) is 95.6 cm³/mol. The largest absolute Gasteiger partial charge is 0.394 e. The number of hydrogen-bond donors (Lipinski definition) is 1. The van der Waals surface area contributed by atoms with Crippen molar-refractivity contribution >= 4 is 11.2 Å². The van der Waals surface area contributed by atoms with Gasteiger partial charge in [0.1, 0.15) is 6.17 Å². The van der Waals surface area contributed by atoms with E-state index in [4.69, 9.17) is 0 Å². The maximum Gasteiger partial charge on any atom is 0.394 e. The Morgan fingerprint density at radius 1 is 1.31 bits per heavy atom. The molecule has 3 nitrogen and oxygen atoms in total. The Balaban J connectivity index is 1.95. The molecule has 2 atom stereocenters. The lowest BCUT2D eigenvalue weighted by molar-refractivity contribution is -0.128. The Morgan fingerprint density at radius 3 is 2.73 bits per heavy atom. The van der Waals surface area contributed by atoms with Crippen LogP contribution in [0, 0.1) is 0 Å². The first-order chi connectivity index (χ1) is 12.3. The molecule has 2 aromatic heterocycles. The van der Waals surface area contributed by atoms with Crippen molar-refractivity contribution in [1.82, 2.24) is 9.30 Å². The average Bonchev–Trinajstić information content (AvgIpc) is 2.88. The van der Waals surface area contributed by atoms with Gasteiger partial charge in [0.05, 0.1) is 23.7 Å². The highest BCUT2D eigenvalue weighted by Crippen LogP contribution is 2.31. The molecule has 144 valence electrons. The topological polar surface area (TPSA) is 19.7 Å². The van der Waals surface area contributed by atoms with Gasteiger partial charge in [-0.3, -0.25) is 0 Å². The number of rotatable bonds is 5. The van der Waals surface area contributed by atoms with E-state index in [0.717, 1.165) is 13.0 Å². The van der Waals surface area contributed by atoms with E-state index in [1.165, 1.54) is 0 Å². The molecule has 0 unspecified atom stereocenters. The number of anilines is 1. The van der Waals surface area contributed by atoms with E-state index in [-0.39, 0.29) is 11.7 Å². The van der Waals surface area contributed by atoms with Crippen LogP contribution in [0.15, 0.2) is 24.4 Å². The SMILES string of the molecule is CCCc1cc2c(N[C@@H]3CCN(C)C[C@@H]3F)cccn2c1CC(F)(F)F. The molecule has 0 aromatic carbocycles. The molecule has 1 aliphatic heterocycles. The lowest BCUT2D eigenvalue weighted by atomic mass is 10.0. The van der Waals surface area contributed by atoms with Gasteiger partial charge in [-0.05, 0) is 43.7 Å². The summed E-state index contributed by atoms with van der Waals surface area (Å²) in [5, 5.41) is 3.24. The third-order valence-electron chi connectivity index (χ3n) is 4.98. The number of fused-ring (bicyclic) bond motifs is 1. The number of alkyl halides is 4. The van der Waals surface area contributed by atoms with Crippen LogP contribution in [0.25, 0.3) is 5.52 Å². The molecule has 0 spiro atoms. The Hall–Kier alpha value is -1.76. The summed E-state index contributed by atoms with van der Waals surface area (Å²) in [6.45, 7) is 3.11. The van der Waals surface area contributed by atoms with Crippen molar-refractivity contribution in [1.29, 1.82) is 0 Å². The summed E-state index contributed by atoms with van der Waals surface area (Å²) in [6.07, 6.45) is -2.55. The van der Waals surface area contributed by atoms with E-state index >= 15 is 0 Å². The van der Waals surface area contributed by atoms with Crippen molar-refractivity contribution < 1.29 is 17.6 Å². The van der Waals surface area contributed by atoms with Gasteiger partial charge in [-0.15, -0.1) is 0 Å². The highest BCUT2D eigenvalue weighted by molar-refractivity contribution is 5.74. The van der Waals surface area contributed by atoms with Crippen LogP contribution in [0.3, 0.4) is 0 Å². The Kier molecular flexibility index (Phi) is 5.46. The van der Waals surface area contributed by atoms with E-state index in [0.29, 0.717) is 36.2 Å². The fourth-order valence-corrected chi connectivity index (χ4v) is 3.72. The number of pyridine rings is 1. The van der Waals surface area contributed by atoms with Crippen LogP contribution in [0.5, 0.6) is 0 Å². The van der Waals surface area contributed by atoms with Crippen LogP contribution in [0.1, 0.15) is 31.0 Å². The Labute approximate surface area is 151 Å². The highest BCUT2D eigenvalue weighted by atomic mass is 19.4. The van der Waals surface area contributed by atoms with E-state index in [9.17, 15) is 17.6 Å². The molecule has 7 heteroatoms. The molecule has 1 aliphatic rings. The monoisotopic (exact) mass is 371 g/mol. The molecular weight excluding hydrogens is 346 g/mol. The van der Waals surface area contributed by atoms with Crippen molar-refractivity contribution in [3.05, 3.63) is 35.7 Å². The fourth-order valence-electron chi connectivity index (χ4n) is 3.72. The number of piperidine rings is 1. The quantitative estimate of drug-likeness (QED) is 0.784. The minimum Gasteiger partial charge on any atom is -0.378 e. The molecule has 2 aromatic rings. The summed E-state index contributed by atoms with van der Waals surface area (Å²) in [7, 11) is 1.89. The molecule has 1 saturated heterocycles. The minimum absolute atomic E-state index is 0.276. The van der Waals surface area contributed by atoms with E-state index in [1.807, 2.05) is 31.0 Å². The van der Waals surface area contributed by atoms with Gasteiger partial charge in [-0.25, -0.2) is 4.39 Å². The van der Waals surface area contributed by atoms with Crippen LogP contribution >= 0.6 is 0 Å². The normalized spacial score (nSPS) is 22.1.